The van der Waals surface area contributed by atoms with Crippen LogP contribution in [-0.2, 0) is 57.2 Å². The van der Waals surface area contributed by atoms with Crippen molar-refractivity contribution in [3.63, 3.8) is 0 Å². The molecule has 0 saturated carbocycles. The first kappa shape index (κ1) is 130. The third kappa shape index (κ3) is 87.6. The van der Waals surface area contributed by atoms with Gasteiger partial charge in [0.15, 0.2) is 0 Å². The monoisotopic (exact) mass is 1960 g/mol. The van der Waals surface area contributed by atoms with Crippen molar-refractivity contribution in [2.24, 2.45) is 5.92 Å². The molecule has 0 rings (SSSR count). The van der Waals surface area contributed by atoms with Crippen LogP contribution >= 0.6 is 35.3 Å². The number of carbonyl (C=O) groups excluding carboxylic acids is 9. The molecule has 0 aliphatic heterocycles. The summed E-state index contributed by atoms with van der Waals surface area (Å²) in [5, 5.41) is -0.506. The second-order valence-electron chi connectivity index (χ2n) is 37.9. The van der Waals surface area contributed by atoms with Crippen LogP contribution in [0.2, 0.25) is 0 Å². The zero-order valence-electron chi connectivity index (χ0n) is 88.4. The summed E-state index contributed by atoms with van der Waals surface area (Å²) in [7, 11) is 7.99. The number of allylic oxidation sites excluding steroid dienone is 7. The minimum Gasteiger partial charge on any atom is -0.462 e. The molecule has 0 fully saturated rings. The molecule has 3 amide bonds. The van der Waals surface area contributed by atoms with E-state index in [9.17, 15) is 43.2 Å². The molecule has 0 aliphatic rings. The lowest BCUT2D eigenvalue weighted by atomic mass is 9.97. The smallest absolute Gasteiger partial charge is 0.326 e. The van der Waals surface area contributed by atoms with E-state index in [0.717, 1.165) is 264 Å². The average molecular weight is 1960 g/mol. The normalized spacial score (nSPS) is 12.6. The molecule has 0 aliphatic carbocycles. The molecule has 784 valence electrons. The number of amides is 3. The number of rotatable bonds is 96. The highest BCUT2D eigenvalue weighted by molar-refractivity contribution is 8.14. The van der Waals surface area contributed by atoms with Crippen LogP contribution in [0.15, 0.2) is 60.8 Å². The molecule has 21 nitrogen and oxygen atoms in total. The fourth-order valence-corrected chi connectivity index (χ4v) is 18.7. The topological polar surface area (TPSA) is 228 Å². The molecule has 0 N–H and O–H groups in total. The highest BCUT2D eigenvalue weighted by Gasteiger charge is 2.27. The van der Waals surface area contributed by atoms with Crippen LogP contribution in [0.1, 0.15) is 434 Å². The van der Waals surface area contributed by atoms with Gasteiger partial charge in [-0.25, -0.2) is 0 Å². The summed E-state index contributed by atoms with van der Waals surface area (Å²) in [6.07, 6.45) is 78.7. The van der Waals surface area contributed by atoms with Crippen LogP contribution in [0.25, 0.3) is 0 Å². The SMILES string of the molecule is CCC/C=C/CCC(CC/C=C/CCCC(C)CCCC/C=C\COC(=O)CCCN(CC(=O)OC(CCCCCCC)CCCCCCCCCCCC/C=C\COC(=O)CN(CC(=O)OC(CCCCCCCC)CCCCCCCC)C(=O)SCCCCN(CC)CC)C(=O)SCCCN(C)C)OC(=O)CCCN(CCCC(=O)OC/C=C\CCCCCC)C(=O)SCCN(C)C. The van der Waals surface area contributed by atoms with E-state index >= 15 is 0 Å². The van der Waals surface area contributed by atoms with Crippen LogP contribution in [0.3, 0.4) is 0 Å². The van der Waals surface area contributed by atoms with Crippen molar-refractivity contribution in [3.05, 3.63) is 60.8 Å². The number of thioether (sulfide) groups is 3. The number of esters is 6. The standard InChI is InChI=1S/C111H202N6O15S3/c1-13-20-25-30-41-53-65-90-127-103(118)81-69-86-115(109(124)135-95-89-113(11)12)87-71-83-105(120)130-100(75-58-45-28-23-16-4)76-63-52-43-47-56-73-99(8)74-57-48-44-55-66-91-128-104(119)82-70-88-116(110(125)134-94-72-84-112(9)10)97-107(122)131-101(77-59-46-29-24-17-5)80-62-51-40-38-36-34-33-35-37-39-42-54-67-92-129-106(121)96-117(111(126)133-93-68-64-85-114(18-6)19-7)98-108(123)132-102(78-60-49-31-26-21-14-2)79-61-50-32-27-22-15-3/h28,43,45,52-55,65-67,99-102H,13-27,29-42,44,46-51,56-64,68-98H2,1-12H3/b45-28+,52-43+,65-53-,66-55-,67-54-. The van der Waals surface area contributed by atoms with Gasteiger partial charge < -0.3 is 57.8 Å². The Morgan fingerprint density at radius 2 is 0.578 bits per heavy atom. The third-order valence-electron chi connectivity index (χ3n) is 24.6. The van der Waals surface area contributed by atoms with Crippen LogP contribution in [0.5, 0.6) is 0 Å². The Morgan fingerprint density at radius 3 is 1.04 bits per heavy atom. The van der Waals surface area contributed by atoms with Crippen molar-refractivity contribution in [2.45, 2.75) is 453 Å². The van der Waals surface area contributed by atoms with Crippen molar-refractivity contribution >= 4 is 86.8 Å². The molecule has 135 heavy (non-hydrogen) atoms. The number of unbranched alkanes of at least 4 members (excludes halogenated alkanes) is 33. The molecule has 0 spiro atoms. The molecular formula is C111H202N6O15S3. The Balaban J connectivity index is 5.13. The number of ether oxygens (including phenoxy) is 6. The molecule has 24 heteroatoms. The Hall–Kier alpha value is -5.14. The van der Waals surface area contributed by atoms with Crippen molar-refractivity contribution in [2.75, 3.05) is 137 Å². The van der Waals surface area contributed by atoms with Gasteiger partial charge in [-0.05, 0) is 234 Å². The lowest BCUT2D eigenvalue weighted by molar-refractivity contribution is -0.152. The average Bonchev–Trinajstić information content (AvgIpc) is 0.898. The molecule has 0 saturated heterocycles. The zero-order valence-corrected chi connectivity index (χ0v) is 90.8. The summed E-state index contributed by atoms with van der Waals surface area (Å²) in [4.78, 5) is 131. The van der Waals surface area contributed by atoms with E-state index in [1.807, 2.05) is 51.3 Å². The van der Waals surface area contributed by atoms with E-state index in [0.29, 0.717) is 55.5 Å². The van der Waals surface area contributed by atoms with E-state index in [1.165, 1.54) is 149 Å². The van der Waals surface area contributed by atoms with Gasteiger partial charge >= 0.3 is 35.8 Å². The lowest BCUT2D eigenvalue weighted by Crippen LogP contribution is -2.39. The highest BCUT2D eigenvalue weighted by Crippen LogP contribution is 2.25. The maximum Gasteiger partial charge on any atom is 0.326 e. The van der Waals surface area contributed by atoms with E-state index in [1.54, 1.807) is 9.80 Å². The molecule has 0 aromatic rings. The number of hydrogen-bond donors (Lipinski definition) is 0. The van der Waals surface area contributed by atoms with Gasteiger partial charge in [0.05, 0.1) is 0 Å². The van der Waals surface area contributed by atoms with Crippen molar-refractivity contribution < 1.29 is 71.6 Å². The van der Waals surface area contributed by atoms with E-state index in [-0.39, 0.29) is 123 Å². The molecule has 0 bridgehead atoms. The summed E-state index contributed by atoms with van der Waals surface area (Å²) in [5.74, 6) is 0.317. The minimum atomic E-state index is -0.533. The molecule has 0 aromatic heterocycles. The summed E-state index contributed by atoms with van der Waals surface area (Å²) >= 11 is 3.67. The Kier molecular flexibility index (Phi) is 94.0. The van der Waals surface area contributed by atoms with Gasteiger partial charge in [-0.2, -0.15) is 0 Å². The van der Waals surface area contributed by atoms with Crippen molar-refractivity contribution in [1.82, 2.24) is 29.4 Å². The van der Waals surface area contributed by atoms with E-state index in [2.05, 4.69) is 108 Å². The van der Waals surface area contributed by atoms with Gasteiger partial charge in [0.2, 0.25) is 0 Å². The van der Waals surface area contributed by atoms with Gasteiger partial charge in [0.1, 0.15) is 57.8 Å². The van der Waals surface area contributed by atoms with Crippen LogP contribution in [0, 0.1) is 5.92 Å². The Morgan fingerprint density at radius 1 is 0.252 bits per heavy atom. The predicted molar refractivity (Wildman–Crippen MR) is 571 cm³/mol. The zero-order chi connectivity index (χ0) is 99.1. The maximum atomic E-state index is 13.8. The largest absolute Gasteiger partial charge is 0.462 e. The molecule has 3 unspecified atom stereocenters. The van der Waals surface area contributed by atoms with Gasteiger partial charge in [-0.15, -0.1) is 0 Å². The van der Waals surface area contributed by atoms with Crippen molar-refractivity contribution in [1.29, 1.82) is 0 Å². The first-order chi connectivity index (χ1) is 65.6. The maximum absolute atomic E-state index is 13.8. The fraction of sp³-hybridized carbons (Fsp3) is 0.829. The molecule has 0 radical (unpaired) electrons. The molecule has 0 heterocycles. The van der Waals surface area contributed by atoms with Gasteiger partial charge in [-0.1, -0.05) is 338 Å². The fourth-order valence-electron chi connectivity index (χ4n) is 16.0. The molecular weight excluding hydrogens is 1750 g/mol. The van der Waals surface area contributed by atoms with Crippen molar-refractivity contribution in [3.8, 4) is 0 Å². The summed E-state index contributed by atoms with van der Waals surface area (Å²) in [5.41, 5.74) is 0. The summed E-state index contributed by atoms with van der Waals surface area (Å²) < 4.78 is 35.1. The second kappa shape index (κ2) is 97.7. The summed E-state index contributed by atoms with van der Waals surface area (Å²) in [6, 6.07) is 0. The quantitative estimate of drug-likeness (QED) is 0.0238. The second-order valence-corrected chi connectivity index (χ2v) is 41.0. The first-order valence-electron chi connectivity index (χ1n) is 54.7. The van der Waals surface area contributed by atoms with E-state index in [4.69, 9.17) is 28.4 Å². The molecule has 0 aromatic carbocycles. The number of hydrogen-bond acceptors (Lipinski definition) is 21. The Bertz CT molecular complexity index is 2990. The number of nitrogens with zero attached hydrogens (tertiary/aromatic N) is 6. The highest BCUT2D eigenvalue weighted by atomic mass is 32.2. The Labute approximate surface area is 838 Å². The minimum absolute atomic E-state index is 0.0387. The lowest BCUT2D eigenvalue weighted by Gasteiger charge is -2.24. The first-order valence-corrected chi connectivity index (χ1v) is 57.7. The summed E-state index contributed by atoms with van der Waals surface area (Å²) in [6.45, 7) is 23.2. The van der Waals surface area contributed by atoms with Gasteiger partial charge in [0, 0.05) is 62.7 Å². The van der Waals surface area contributed by atoms with E-state index < -0.39 is 11.9 Å². The van der Waals surface area contributed by atoms with Crippen LogP contribution in [-0.4, -0.2) is 237 Å². The van der Waals surface area contributed by atoms with Gasteiger partial charge in [0.25, 0.3) is 15.7 Å². The molecule has 3 atom stereocenters. The third-order valence-corrected chi connectivity index (χ3v) is 27.4. The van der Waals surface area contributed by atoms with Gasteiger partial charge in [-0.3, -0.25) is 43.2 Å². The number of carbonyl (C=O) groups is 9. The predicted octanol–water partition coefficient (Wildman–Crippen LogP) is 28.8. The van der Waals surface area contributed by atoms with Crippen LogP contribution in [0.4, 0.5) is 14.4 Å². The van der Waals surface area contributed by atoms with Crippen LogP contribution < -0.4 is 0 Å².